The van der Waals surface area contributed by atoms with E-state index in [4.69, 9.17) is 0 Å². The standard InChI is InChI=1S/C25H39N7O3/c1-15(2)18(20-9-10-27-30(20)6)12-26-23(34)21-11-17(33)13-31(21)24(35)22(25(3,4)5)32-14-19(28-29-32)16-7-8-16/h9-10,14-18,21-22,33H,7-8,11-13H2,1-6H3,(H,26,34)/t17?,18?,21?,22-/m1/s1. The second kappa shape index (κ2) is 9.72. The Morgan fingerprint density at radius 3 is 2.54 bits per heavy atom. The smallest absolute Gasteiger partial charge is 0.248 e. The molecule has 35 heavy (non-hydrogen) atoms. The summed E-state index contributed by atoms with van der Waals surface area (Å²) in [5.74, 6) is 0.345. The van der Waals surface area contributed by atoms with Crippen LogP contribution in [0.4, 0.5) is 0 Å². The van der Waals surface area contributed by atoms with Crippen molar-refractivity contribution in [3.63, 3.8) is 0 Å². The number of β-amino-alcohol motifs (C(OH)–C–C–N with tert-alkyl or cyclic N) is 1. The van der Waals surface area contributed by atoms with Crippen molar-refractivity contribution in [2.24, 2.45) is 18.4 Å². The lowest BCUT2D eigenvalue weighted by Gasteiger charge is -2.34. The monoisotopic (exact) mass is 485 g/mol. The minimum absolute atomic E-state index is 0.0836. The van der Waals surface area contributed by atoms with Gasteiger partial charge in [-0.3, -0.25) is 14.3 Å². The Balaban J connectivity index is 1.51. The molecule has 2 N–H and O–H groups in total. The number of aromatic nitrogens is 5. The Hall–Kier alpha value is -2.75. The molecular formula is C25H39N7O3. The summed E-state index contributed by atoms with van der Waals surface area (Å²) in [5, 5.41) is 26.3. The van der Waals surface area contributed by atoms with Crippen LogP contribution in [0.15, 0.2) is 18.5 Å². The normalized spacial score (nSPS) is 22.5. The van der Waals surface area contributed by atoms with Crippen molar-refractivity contribution < 1.29 is 14.7 Å². The molecule has 0 radical (unpaired) electrons. The molecule has 1 saturated carbocycles. The molecule has 4 atom stereocenters. The summed E-state index contributed by atoms with van der Waals surface area (Å²) in [5.41, 5.74) is 1.51. The first-order valence-corrected chi connectivity index (χ1v) is 12.6. The van der Waals surface area contributed by atoms with Crippen LogP contribution in [-0.4, -0.2) is 71.8 Å². The summed E-state index contributed by atoms with van der Waals surface area (Å²) in [6.07, 6.45) is 5.30. The summed E-state index contributed by atoms with van der Waals surface area (Å²) in [6, 6.07) is 0.613. The Bertz CT molecular complexity index is 1050. The van der Waals surface area contributed by atoms with Crippen molar-refractivity contribution in [3.05, 3.63) is 29.8 Å². The fourth-order valence-corrected chi connectivity index (χ4v) is 5.08. The zero-order valence-electron chi connectivity index (χ0n) is 21.7. The van der Waals surface area contributed by atoms with E-state index in [1.165, 1.54) is 4.90 Å². The van der Waals surface area contributed by atoms with Crippen LogP contribution in [0, 0.1) is 11.3 Å². The van der Waals surface area contributed by atoms with Crippen molar-refractivity contribution in [1.82, 2.24) is 35.0 Å². The molecule has 2 aliphatic rings. The van der Waals surface area contributed by atoms with E-state index < -0.39 is 23.6 Å². The van der Waals surface area contributed by atoms with Gasteiger partial charge in [0.15, 0.2) is 0 Å². The maximum Gasteiger partial charge on any atom is 0.248 e. The molecule has 10 heteroatoms. The zero-order chi connectivity index (χ0) is 25.5. The summed E-state index contributed by atoms with van der Waals surface area (Å²) in [7, 11) is 1.89. The molecule has 4 rings (SSSR count). The molecule has 10 nitrogen and oxygen atoms in total. The topological polar surface area (TPSA) is 118 Å². The zero-order valence-corrected chi connectivity index (χ0v) is 21.7. The Kier molecular flexibility index (Phi) is 7.04. The van der Waals surface area contributed by atoms with Gasteiger partial charge in [0.25, 0.3) is 0 Å². The Morgan fingerprint density at radius 2 is 1.97 bits per heavy atom. The number of amides is 2. The van der Waals surface area contributed by atoms with Crippen LogP contribution >= 0.6 is 0 Å². The maximum absolute atomic E-state index is 13.9. The third kappa shape index (κ3) is 5.42. The second-order valence-electron chi connectivity index (χ2n) is 11.5. The lowest BCUT2D eigenvalue weighted by atomic mass is 9.85. The fourth-order valence-electron chi connectivity index (χ4n) is 5.08. The summed E-state index contributed by atoms with van der Waals surface area (Å²) in [4.78, 5) is 28.7. The minimum Gasteiger partial charge on any atom is -0.391 e. The SMILES string of the molecule is CC(C)C(CNC(=O)C1CC(O)CN1C(=O)[C@@H](n1cc(C2CC2)nn1)C(C)(C)C)c1ccnn1C. The highest BCUT2D eigenvalue weighted by Gasteiger charge is 2.45. The van der Waals surface area contributed by atoms with Crippen LogP contribution < -0.4 is 5.32 Å². The number of carbonyl (C=O) groups is 2. The van der Waals surface area contributed by atoms with Gasteiger partial charge in [0, 0.05) is 56.5 Å². The second-order valence-corrected chi connectivity index (χ2v) is 11.5. The maximum atomic E-state index is 13.9. The van der Waals surface area contributed by atoms with Gasteiger partial charge in [-0.1, -0.05) is 39.8 Å². The molecule has 2 fully saturated rings. The third-order valence-electron chi connectivity index (χ3n) is 7.25. The average molecular weight is 486 g/mol. The van der Waals surface area contributed by atoms with Crippen LogP contribution in [0.2, 0.25) is 0 Å². The van der Waals surface area contributed by atoms with Crippen molar-refractivity contribution in [2.75, 3.05) is 13.1 Å². The highest BCUT2D eigenvalue weighted by molar-refractivity contribution is 5.90. The number of nitrogens with one attached hydrogen (secondary N) is 1. The van der Waals surface area contributed by atoms with E-state index in [2.05, 4.69) is 34.6 Å². The first-order chi connectivity index (χ1) is 16.5. The van der Waals surface area contributed by atoms with E-state index in [0.717, 1.165) is 24.2 Å². The van der Waals surface area contributed by atoms with Crippen LogP contribution in [0.25, 0.3) is 0 Å². The van der Waals surface area contributed by atoms with Crippen molar-refractivity contribution >= 4 is 11.8 Å². The predicted molar refractivity (Wildman–Crippen MR) is 130 cm³/mol. The number of carbonyl (C=O) groups excluding carboxylic acids is 2. The van der Waals surface area contributed by atoms with Crippen LogP contribution in [-0.2, 0) is 16.6 Å². The molecule has 1 saturated heterocycles. The number of nitrogens with zero attached hydrogens (tertiary/aromatic N) is 6. The molecule has 2 aromatic heterocycles. The van der Waals surface area contributed by atoms with Gasteiger partial charge in [-0.05, 0) is 30.2 Å². The number of hydrogen-bond acceptors (Lipinski definition) is 6. The van der Waals surface area contributed by atoms with E-state index in [-0.39, 0.29) is 36.6 Å². The van der Waals surface area contributed by atoms with E-state index in [1.807, 2.05) is 44.8 Å². The van der Waals surface area contributed by atoms with Gasteiger partial charge in [-0.15, -0.1) is 5.10 Å². The highest BCUT2D eigenvalue weighted by atomic mass is 16.3. The first-order valence-electron chi connectivity index (χ1n) is 12.6. The molecule has 0 bridgehead atoms. The lowest BCUT2D eigenvalue weighted by molar-refractivity contribution is -0.144. The quantitative estimate of drug-likeness (QED) is 0.590. The molecule has 3 unspecified atom stereocenters. The summed E-state index contributed by atoms with van der Waals surface area (Å²) in [6.45, 7) is 10.7. The van der Waals surface area contributed by atoms with Gasteiger partial charge in [-0.2, -0.15) is 5.10 Å². The molecule has 2 amide bonds. The number of rotatable bonds is 8. The van der Waals surface area contributed by atoms with Crippen LogP contribution in [0.3, 0.4) is 0 Å². The highest BCUT2D eigenvalue weighted by Crippen LogP contribution is 2.40. The minimum atomic E-state index is -0.744. The molecule has 0 aromatic carbocycles. The molecule has 2 aromatic rings. The van der Waals surface area contributed by atoms with E-state index in [0.29, 0.717) is 12.5 Å². The van der Waals surface area contributed by atoms with Gasteiger partial charge in [0.2, 0.25) is 11.8 Å². The van der Waals surface area contributed by atoms with Crippen molar-refractivity contribution in [1.29, 1.82) is 0 Å². The number of aryl methyl sites for hydroxylation is 1. The Labute approximate surface area is 207 Å². The van der Waals surface area contributed by atoms with Gasteiger partial charge in [0.05, 0.1) is 11.8 Å². The first kappa shape index (κ1) is 25.3. The molecule has 3 heterocycles. The summed E-state index contributed by atoms with van der Waals surface area (Å²) >= 11 is 0. The molecule has 0 spiro atoms. The molecular weight excluding hydrogens is 446 g/mol. The van der Waals surface area contributed by atoms with Gasteiger partial charge in [0.1, 0.15) is 12.1 Å². The van der Waals surface area contributed by atoms with Crippen LogP contribution in [0.1, 0.15) is 83.1 Å². The average Bonchev–Trinajstić information content (AvgIpc) is 3.15. The largest absolute Gasteiger partial charge is 0.391 e. The molecule has 192 valence electrons. The van der Waals surface area contributed by atoms with Gasteiger partial charge in [-0.25, -0.2) is 4.68 Å². The van der Waals surface area contributed by atoms with E-state index in [9.17, 15) is 14.7 Å². The third-order valence-corrected chi connectivity index (χ3v) is 7.25. The number of aliphatic hydroxyl groups excluding tert-OH is 1. The van der Waals surface area contributed by atoms with Crippen molar-refractivity contribution in [2.45, 2.75) is 83.9 Å². The van der Waals surface area contributed by atoms with E-state index >= 15 is 0 Å². The predicted octanol–water partition coefficient (Wildman–Crippen LogP) is 1.99. The van der Waals surface area contributed by atoms with E-state index in [1.54, 1.807) is 10.9 Å². The van der Waals surface area contributed by atoms with Gasteiger partial charge < -0.3 is 15.3 Å². The lowest BCUT2D eigenvalue weighted by Crippen LogP contribution is -2.51. The number of aliphatic hydroxyl groups is 1. The number of likely N-dealkylation sites (tertiary alicyclic amines) is 1. The molecule has 1 aliphatic heterocycles. The molecule has 1 aliphatic carbocycles. The van der Waals surface area contributed by atoms with Crippen molar-refractivity contribution in [3.8, 4) is 0 Å². The van der Waals surface area contributed by atoms with Crippen LogP contribution in [0.5, 0.6) is 0 Å². The van der Waals surface area contributed by atoms with Gasteiger partial charge >= 0.3 is 0 Å². The fraction of sp³-hybridized carbons (Fsp3) is 0.720. The Morgan fingerprint density at radius 1 is 1.26 bits per heavy atom. The summed E-state index contributed by atoms with van der Waals surface area (Å²) < 4.78 is 3.47. The number of hydrogen-bond donors (Lipinski definition) is 2.